The third kappa shape index (κ3) is 6.95. The molecule has 10 heteroatoms. The Morgan fingerprint density at radius 2 is 1.89 bits per heavy atom. The molecule has 0 aliphatic rings. The van der Waals surface area contributed by atoms with Crippen LogP contribution in [0.2, 0.25) is 0 Å². The van der Waals surface area contributed by atoms with Crippen LogP contribution in [0.3, 0.4) is 0 Å². The summed E-state index contributed by atoms with van der Waals surface area (Å²) in [5, 5.41) is 11.1. The first-order valence-corrected chi connectivity index (χ1v) is 8.87. The van der Waals surface area contributed by atoms with Gasteiger partial charge in [0.15, 0.2) is 5.96 Å². The number of hydrogen-bond acceptors (Lipinski definition) is 3. The van der Waals surface area contributed by atoms with E-state index in [1.807, 2.05) is 30.4 Å². The van der Waals surface area contributed by atoms with Crippen LogP contribution < -0.4 is 5.32 Å². The molecule has 0 atom stereocenters. The number of nitrogens with one attached hydrogen (secondary N) is 1. The number of benzene rings is 1. The second-order valence-corrected chi connectivity index (χ2v) is 6.08. The van der Waals surface area contributed by atoms with Crippen LogP contribution in [0.15, 0.2) is 35.6 Å². The Balaban J connectivity index is 0.00000392. The van der Waals surface area contributed by atoms with Crippen LogP contribution in [-0.4, -0.2) is 45.8 Å². The maximum Gasteiger partial charge on any atom is 0.416 e. The second-order valence-electron chi connectivity index (χ2n) is 6.08. The van der Waals surface area contributed by atoms with Gasteiger partial charge in [-0.25, -0.2) is 0 Å². The smallest absolute Gasteiger partial charge is 0.357 e. The van der Waals surface area contributed by atoms with Gasteiger partial charge in [0, 0.05) is 33.1 Å². The average Bonchev–Trinajstić information content (AvgIpc) is 3.08. The Bertz CT molecular complexity index is 743. The van der Waals surface area contributed by atoms with Crippen LogP contribution in [-0.2, 0) is 25.7 Å². The molecule has 0 saturated heterocycles. The van der Waals surface area contributed by atoms with E-state index in [1.165, 1.54) is 12.1 Å². The summed E-state index contributed by atoms with van der Waals surface area (Å²) < 4.78 is 40.0. The third-order valence-electron chi connectivity index (χ3n) is 4.01. The molecule has 0 spiro atoms. The highest BCUT2D eigenvalue weighted by atomic mass is 127. The quantitative estimate of drug-likeness (QED) is 0.352. The van der Waals surface area contributed by atoms with Crippen molar-refractivity contribution in [2.75, 3.05) is 20.1 Å². The lowest BCUT2D eigenvalue weighted by Crippen LogP contribution is -2.38. The van der Waals surface area contributed by atoms with Crippen molar-refractivity contribution in [3.8, 4) is 0 Å². The Hall–Kier alpha value is -1.85. The van der Waals surface area contributed by atoms with Gasteiger partial charge in [-0.3, -0.25) is 4.99 Å². The zero-order chi connectivity index (χ0) is 19.9. The van der Waals surface area contributed by atoms with E-state index in [4.69, 9.17) is 0 Å². The SMILES string of the molecule is CCNC(=NCCn1cnnc1CC)N(C)Cc1ccc(C(F)(F)F)cc1.I. The minimum atomic E-state index is -4.32. The first-order valence-electron chi connectivity index (χ1n) is 8.87. The molecule has 0 bridgehead atoms. The lowest BCUT2D eigenvalue weighted by molar-refractivity contribution is -0.137. The van der Waals surface area contributed by atoms with Crippen molar-refractivity contribution in [3.63, 3.8) is 0 Å². The molecule has 1 N–H and O–H groups in total. The highest BCUT2D eigenvalue weighted by Gasteiger charge is 2.29. The molecule has 1 aromatic carbocycles. The summed E-state index contributed by atoms with van der Waals surface area (Å²) in [5.74, 6) is 1.61. The monoisotopic (exact) mass is 510 g/mol. The van der Waals surface area contributed by atoms with E-state index in [-0.39, 0.29) is 24.0 Å². The van der Waals surface area contributed by atoms with Crippen LogP contribution in [0, 0.1) is 0 Å². The molecule has 1 aromatic heterocycles. The zero-order valence-corrected chi connectivity index (χ0v) is 18.5. The molecule has 6 nitrogen and oxygen atoms in total. The first-order chi connectivity index (χ1) is 12.8. The fraction of sp³-hybridized carbons (Fsp3) is 0.500. The minimum absolute atomic E-state index is 0. The van der Waals surface area contributed by atoms with Gasteiger partial charge in [0.1, 0.15) is 12.2 Å². The molecule has 0 unspecified atom stereocenters. The van der Waals surface area contributed by atoms with Gasteiger partial charge >= 0.3 is 6.18 Å². The molecular formula is C18H26F3IN6. The summed E-state index contributed by atoms with van der Waals surface area (Å²) in [6.07, 6.45) is -1.83. The predicted molar refractivity (Wildman–Crippen MR) is 114 cm³/mol. The molecule has 0 radical (unpaired) electrons. The fourth-order valence-electron chi connectivity index (χ4n) is 2.62. The number of rotatable bonds is 7. The van der Waals surface area contributed by atoms with Crippen LogP contribution >= 0.6 is 24.0 Å². The van der Waals surface area contributed by atoms with Crippen molar-refractivity contribution in [2.24, 2.45) is 4.99 Å². The van der Waals surface area contributed by atoms with Gasteiger partial charge in [0.2, 0.25) is 0 Å². The number of alkyl halides is 3. The number of aliphatic imine (C=N–C) groups is 1. The largest absolute Gasteiger partial charge is 0.416 e. The van der Waals surface area contributed by atoms with E-state index >= 15 is 0 Å². The van der Waals surface area contributed by atoms with Crippen LogP contribution in [0.25, 0.3) is 0 Å². The van der Waals surface area contributed by atoms with Gasteiger partial charge in [0.05, 0.1) is 12.1 Å². The molecule has 0 aliphatic carbocycles. The van der Waals surface area contributed by atoms with Gasteiger partial charge in [-0.2, -0.15) is 13.2 Å². The third-order valence-corrected chi connectivity index (χ3v) is 4.01. The van der Waals surface area contributed by atoms with E-state index < -0.39 is 11.7 Å². The van der Waals surface area contributed by atoms with E-state index in [1.54, 1.807) is 6.33 Å². The molecule has 0 amide bonds. The Labute approximate surface area is 180 Å². The van der Waals surface area contributed by atoms with Gasteiger partial charge in [0.25, 0.3) is 0 Å². The zero-order valence-electron chi connectivity index (χ0n) is 16.2. The second kappa shape index (κ2) is 11.2. The molecule has 0 fully saturated rings. The maximum atomic E-state index is 12.7. The van der Waals surface area contributed by atoms with Crippen LogP contribution in [0.4, 0.5) is 13.2 Å². The summed E-state index contributed by atoms with van der Waals surface area (Å²) in [6.45, 7) is 6.35. The van der Waals surface area contributed by atoms with Crippen molar-refractivity contribution >= 4 is 29.9 Å². The van der Waals surface area contributed by atoms with Gasteiger partial charge in [-0.15, -0.1) is 34.2 Å². The van der Waals surface area contributed by atoms with E-state index in [0.29, 0.717) is 32.1 Å². The van der Waals surface area contributed by atoms with Crippen LogP contribution in [0.1, 0.15) is 30.8 Å². The fourth-order valence-corrected chi connectivity index (χ4v) is 2.62. The van der Waals surface area contributed by atoms with Crippen molar-refractivity contribution in [1.82, 2.24) is 25.0 Å². The molecule has 28 heavy (non-hydrogen) atoms. The molecular weight excluding hydrogens is 484 g/mol. The molecule has 2 aromatic rings. The van der Waals surface area contributed by atoms with E-state index in [9.17, 15) is 13.2 Å². The molecule has 1 heterocycles. The van der Waals surface area contributed by atoms with Crippen molar-refractivity contribution in [2.45, 2.75) is 39.5 Å². The predicted octanol–water partition coefficient (Wildman–Crippen LogP) is 3.57. The van der Waals surface area contributed by atoms with E-state index in [0.717, 1.165) is 29.9 Å². The number of halogens is 4. The first kappa shape index (κ1) is 24.2. The lowest BCUT2D eigenvalue weighted by atomic mass is 10.1. The molecule has 2 rings (SSSR count). The van der Waals surface area contributed by atoms with Gasteiger partial charge in [-0.1, -0.05) is 19.1 Å². The summed E-state index contributed by atoms with van der Waals surface area (Å²) >= 11 is 0. The average molecular weight is 510 g/mol. The van der Waals surface area contributed by atoms with Crippen molar-refractivity contribution in [3.05, 3.63) is 47.5 Å². The highest BCUT2D eigenvalue weighted by Crippen LogP contribution is 2.29. The number of aromatic nitrogens is 3. The summed E-state index contributed by atoms with van der Waals surface area (Å²) in [4.78, 5) is 6.48. The minimum Gasteiger partial charge on any atom is -0.357 e. The topological polar surface area (TPSA) is 58.3 Å². The van der Waals surface area contributed by atoms with E-state index in [2.05, 4.69) is 20.5 Å². The summed E-state index contributed by atoms with van der Waals surface area (Å²) in [7, 11) is 1.86. The van der Waals surface area contributed by atoms with Gasteiger partial charge in [-0.05, 0) is 24.6 Å². The van der Waals surface area contributed by atoms with Crippen molar-refractivity contribution < 1.29 is 13.2 Å². The Morgan fingerprint density at radius 3 is 2.46 bits per heavy atom. The van der Waals surface area contributed by atoms with Crippen LogP contribution in [0.5, 0.6) is 0 Å². The summed E-state index contributed by atoms with van der Waals surface area (Å²) in [6, 6.07) is 5.19. The number of guanidine groups is 1. The molecule has 0 saturated carbocycles. The van der Waals surface area contributed by atoms with Gasteiger partial charge < -0.3 is 14.8 Å². The highest BCUT2D eigenvalue weighted by molar-refractivity contribution is 14.0. The molecule has 0 aliphatic heterocycles. The Kier molecular flexibility index (Phi) is 9.70. The Morgan fingerprint density at radius 1 is 1.21 bits per heavy atom. The normalized spacial score (nSPS) is 11.9. The number of aryl methyl sites for hydroxylation is 1. The standard InChI is InChI=1S/C18H25F3N6.HI/c1-4-16-25-24-13-27(16)11-10-23-17(22-5-2)26(3)12-14-6-8-15(9-7-14)18(19,20)21;/h6-9,13H,4-5,10-12H2,1-3H3,(H,22,23);1H. The summed E-state index contributed by atoms with van der Waals surface area (Å²) in [5.41, 5.74) is 0.137. The number of hydrogen-bond donors (Lipinski definition) is 1. The maximum absolute atomic E-state index is 12.7. The van der Waals surface area contributed by atoms with Crippen molar-refractivity contribution in [1.29, 1.82) is 0 Å². The lowest BCUT2D eigenvalue weighted by Gasteiger charge is -2.22. The molecule has 156 valence electrons. The number of nitrogens with zero attached hydrogens (tertiary/aromatic N) is 5.